The summed E-state index contributed by atoms with van der Waals surface area (Å²) in [4.78, 5) is 44.5. The zero-order valence-corrected chi connectivity index (χ0v) is 22.9. The van der Waals surface area contributed by atoms with Gasteiger partial charge in [0.15, 0.2) is 0 Å². The highest BCUT2D eigenvalue weighted by molar-refractivity contribution is 5.95. The molecule has 0 bridgehead atoms. The van der Waals surface area contributed by atoms with Crippen LogP contribution in [0.15, 0.2) is 59.8 Å². The number of urea groups is 1. The molecule has 1 fully saturated rings. The summed E-state index contributed by atoms with van der Waals surface area (Å²) in [7, 11) is 1.60. The molecule has 214 valence electrons. The van der Waals surface area contributed by atoms with Crippen LogP contribution < -0.4 is 5.32 Å². The average Bonchev–Trinajstić information content (AvgIpc) is 2.91. The molecule has 0 aliphatic carbocycles. The third-order valence-electron chi connectivity index (χ3n) is 7.38. The molecule has 8 nitrogen and oxygen atoms in total. The number of esters is 1. The van der Waals surface area contributed by atoms with Crippen LogP contribution in [0.2, 0.25) is 0 Å². The number of piperazine rings is 1. The van der Waals surface area contributed by atoms with Crippen molar-refractivity contribution in [2.45, 2.75) is 39.0 Å². The molecule has 4 rings (SSSR count). The molecular weight excluding hydrogens is 525 g/mol. The van der Waals surface area contributed by atoms with Gasteiger partial charge in [-0.15, -0.1) is 0 Å². The fourth-order valence-electron chi connectivity index (χ4n) is 5.20. The van der Waals surface area contributed by atoms with Crippen LogP contribution in [0.5, 0.6) is 0 Å². The zero-order valence-electron chi connectivity index (χ0n) is 22.9. The van der Waals surface area contributed by atoms with E-state index in [0.29, 0.717) is 30.9 Å². The van der Waals surface area contributed by atoms with Gasteiger partial charge in [0.05, 0.1) is 23.8 Å². The third-order valence-corrected chi connectivity index (χ3v) is 7.38. The first kappa shape index (κ1) is 29.1. The predicted octanol–water partition coefficient (Wildman–Crippen LogP) is 4.37. The quantitative estimate of drug-likeness (QED) is 0.533. The topological polar surface area (TPSA) is 82.2 Å². The first-order chi connectivity index (χ1) is 18.9. The van der Waals surface area contributed by atoms with Crippen molar-refractivity contribution in [3.63, 3.8) is 0 Å². The number of benzene rings is 2. The standard InChI is InChI=1S/C29H33F3N4O4/c1-5-40-27(38)24-23(34(4)28(39)33-25(24)22-9-7-6-8-18(22)2)17-35-14-15-36(19(3)16-35)26(37)20-10-12-21(13-11-20)29(30,31)32/h6-13,19,25H,5,14-17H2,1-4H3,(H,33,39)/t19-,25-/m1/s1. The number of nitrogens with zero attached hydrogens (tertiary/aromatic N) is 3. The largest absolute Gasteiger partial charge is 0.463 e. The molecule has 2 aromatic rings. The SMILES string of the molecule is CCOC(=O)C1=C(CN2CCN(C(=O)c3ccc(C(F)(F)F)cc3)[C@H](C)C2)N(C)C(=O)N[C@@H]1c1ccccc1C. The van der Waals surface area contributed by atoms with Crippen molar-refractivity contribution in [2.24, 2.45) is 0 Å². The lowest BCUT2D eigenvalue weighted by molar-refractivity contribution is -0.139. The minimum atomic E-state index is -4.47. The van der Waals surface area contributed by atoms with Gasteiger partial charge in [-0.2, -0.15) is 13.2 Å². The van der Waals surface area contributed by atoms with E-state index in [1.54, 1.807) is 18.9 Å². The summed E-state index contributed by atoms with van der Waals surface area (Å²) in [6.45, 7) is 7.17. The summed E-state index contributed by atoms with van der Waals surface area (Å²) in [6, 6.07) is 10.4. The Bertz CT molecular complexity index is 1310. The van der Waals surface area contributed by atoms with Gasteiger partial charge in [0.2, 0.25) is 0 Å². The van der Waals surface area contributed by atoms with Gasteiger partial charge in [0.1, 0.15) is 0 Å². The van der Waals surface area contributed by atoms with Gasteiger partial charge in [-0.25, -0.2) is 9.59 Å². The van der Waals surface area contributed by atoms with E-state index in [9.17, 15) is 27.6 Å². The van der Waals surface area contributed by atoms with E-state index in [-0.39, 0.29) is 36.7 Å². The maximum absolute atomic E-state index is 13.2. The van der Waals surface area contributed by atoms with Gasteiger partial charge >= 0.3 is 18.2 Å². The molecule has 2 aliphatic rings. The highest BCUT2D eigenvalue weighted by Gasteiger charge is 2.39. The second-order valence-corrected chi connectivity index (χ2v) is 10.0. The number of nitrogens with one attached hydrogen (secondary N) is 1. The van der Waals surface area contributed by atoms with Gasteiger partial charge in [-0.05, 0) is 56.2 Å². The van der Waals surface area contributed by atoms with Crippen molar-refractivity contribution >= 4 is 17.9 Å². The molecule has 2 heterocycles. The summed E-state index contributed by atoms with van der Waals surface area (Å²) < 4.78 is 44.2. The van der Waals surface area contributed by atoms with Gasteiger partial charge in [-0.1, -0.05) is 24.3 Å². The number of likely N-dealkylation sites (N-methyl/N-ethyl adjacent to an activating group) is 1. The molecular formula is C29H33F3N4O4. The molecule has 2 aromatic carbocycles. The number of ether oxygens (including phenoxy) is 1. The van der Waals surface area contributed by atoms with Crippen LogP contribution in [0, 0.1) is 6.92 Å². The number of alkyl halides is 3. The number of amides is 3. The van der Waals surface area contributed by atoms with Crippen LogP contribution in [0.3, 0.4) is 0 Å². The summed E-state index contributed by atoms with van der Waals surface area (Å²) in [5, 5.41) is 2.93. The molecule has 0 saturated carbocycles. The first-order valence-electron chi connectivity index (χ1n) is 13.1. The van der Waals surface area contributed by atoms with E-state index in [1.807, 2.05) is 38.1 Å². The highest BCUT2D eigenvalue weighted by atomic mass is 19.4. The lowest BCUT2D eigenvalue weighted by Gasteiger charge is -2.42. The monoisotopic (exact) mass is 558 g/mol. The van der Waals surface area contributed by atoms with Crippen LogP contribution in [-0.4, -0.2) is 78.5 Å². The van der Waals surface area contributed by atoms with Crippen molar-refractivity contribution < 1.29 is 32.3 Å². The summed E-state index contributed by atoms with van der Waals surface area (Å²) in [5.74, 6) is -0.858. The molecule has 2 aliphatic heterocycles. The number of hydrogen-bond acceptors (Lipinski definition) is 5. The predicted molar refractivity (Wildman–Crippen MR) is 142 cm³/mol. The van der Waals surface area contributed by atoms with E-state index < -0.39 is 23.8 Å². The fraction of sp³-hybridized carbons (Fsp3) is 0.414. The van der Waals surface area contributed by atoms with Crippen LogP contribution >= 0.6 is 0 Å². The van der Waals surface area contributed by atoms with E-state index in [4.69, 9.17) is 4.74 Å². The van der Waals surface area contributed by atoms with Gasteiger partial charge < -0.3 is 15.0 Å². The Morgan fingerprint density at radius 1 is 1.07 bits per heavy atom. The average molecular weight is 559 g/mol. The Morgan fingerprint density at radius 2 is 1.75 bits per heavy atom. The Morgan fingerprint density at radius 3 is 2.35 bits per heavy atom. The van der Waals surface area contributed by atoms with Crippen LogP contribution in [0.25, 0.3) is 0 Å². The molecule has 1 saturated heterocycles. The third kappa shape index (κ3) is 5.99. The van der Waals surface area contributed by atoms with Gasteiger partial charge in [0.25, 0.3) is 5.91 Å². The lowest BCUT2D eigenvalue weighted by Crippen LogP contribution is -2.56. The van der Waals surface area contributed by atoms with Crippen molar-refractivity contribution in [2.75, 3.05) is 39.8 Å². The van der Waals surface area contributed by atoms with Crippen LogP contribution in [0.1, 0.15) is 46.9 Å². The second kappa shape index (κ2) is 11.7. The minimum Gasteiger partial charge on any atom is -0.463 e. The van der Waals surface area contributed by atoms with Crippen LogP contribution in [-0.2, 0) is 15.7 Å². The maximum atomic E-state index is 13.2. The molecule has 1 N–H and O–H groups in total. The van der Waals surface area contributed by atoms with Crippen molar-refractivity contribution in [1.29, 1.82) is 0 Å². The smallest absolute Gasteiger partial charge is 0.416 e. The highest BCUT2D eigenvalue weighted by Crippen LogP contribution is 2.33. The molecule has 3 amide bonds. The molecule has 0 spiro atoms. The summed E-state index contributed by atoms with van der Waals surface area (Å²) in [6.07, 6.45) is -4.47. The van der Waals surface area contributed by atoms with Crippen molar-refractivity contribution in [3.8, 4) is 0 Å². The van der Waals surface area contributed by atoms with E-state index >= 15 is 0 Å². The van der Waals surface area contributed by atoms with Gasteiger partial charge in [0, 0.05) is 50.5 Å². The Kier molecular flexibility index (Phi) is 8.53. The van der Waals surface area contributed by atoms with E-state index in [0.717, 1.165) is 23.3 Å². The summed E-state index contributed by atoms with van der Waals surface area (Å²) in [5.41, 5.74) is 1.97. The lowest BCUT2D eigenvalue weighted by atomic mass is 9.91. The molecule has 0 unspecified atom stereocenters. The molecule has 0 radical (unpaired) electrons. The Labute approximate surface area is 231 Å². The number of hydrogen-bond donors (Lipinski definition) is 1. The van der Waals surface area contributed by atoms with Crippen molar-refractivity contribution in [3.05, 3.63) is 82.1 Å². The fourth-order valence-corrected chi connectivity index (χ4v) is 5.20. The number of carbonyl (C=O) groups excluding carboxylic acids is 3. The molecule has 0 aromatic heterocycles. The Balaban J connectivity index is 1.57. The van der Waals surface area contributed by atoms with E-state index in [1.165, 1.54) is 17.0 Å². The molecule has 11 heteroatoms. The molecule has 2 atom stereocenters. The van der Waals surface area contributed by atoms with Crippen molar-refractivity contribution in [1.82, 2.24) is 20.0 Å². The molecule has 40 heavy (non-hydrogen) atoms. The Hall–Kier alpha value is -3.86. The number of aryl methyl sites for hydroxylation is 1. The normalized spacial score (nSPS) is 20.4. The number of halogens is 3. The van der Waals surface area contributed by atoms with Gasteiger partial charge in [-0.3, -0.25) is 14.6 Å². The summed E-state index contributed by atoms with van der Waals surface area (Å²) >= 11 is 0. The number of carbonyl (C=O) groups is 3. The number of rotatable bonds is 6. The van der Waals surface area contributed by atoms with Crippen LogP contribution in [0.4, 0.5) is 18.0 Å². The zero-order chi connectivity index (χ0) is 29.2. The second-order valence-electron chi connectivity index (χ2n) is 10.0. The first-order valence-corrected chi connectivity index (χ1v) is 13.1. The maximum Gasteiger partial charge on any atom is 0.416 e. The minimum absolute atomic E-state index is 0.176. The van der Waals surface area contributed by atoms with E-state index in [2.05, 4.69) is 10.2 Å².